The van der Waals surface area contributed by atoms with Crippen molar-refractivity contribution < 1.29 is 13.9 Å². The van der Waals surface area contributed by atoms with E-state index in [-0.39, 0.29) is 5.82 Å². The number of nitrogens with zero attached hydrogens (tertiary/aromatic N) is 1. The monoisotopic (exact) mass is 321 g/mol. The fraction of sp³-hybridized carbons (Fsp3) is 0.100. The highest BCUT2D eigenvalue weighted by Gasteiger charge is 2.12. The number of aryl methyl sites for hydroxylation is 1. The lowest BCUT2D eigenvalue weighted by Crippen LogP contribution is -2.03. The number of benzene rings is 2. The van der Waals surface area contributed by atoms with Crippen LogP contribution in [0.1, 0.15) is 15.9 Å². The van der Waals surface area contributed by atoms with E-state index in [9.17, 15) is 9.18 Å². The van der Waals surface area contributed by atoms with Gasteiger partial charge in [0.2, 0.25) is 0 Å². The van der Waals surface area contributed by atoms with Gasteiger partial charge in [0.15, 0.2) is 0 Å². The summed E-state index contributed by atoms with van der Waals surface area (Å²) in [5.41, 5.74) is 4.43. The Balaban J connectivity index is 2.14. The fourth-order valence-corrected chi connectivity index (χ4v) is 2.41. The van der Waals surface area contributed by atoms with Gasteiger partial charge in [-0.1, -0.05) is 29.8 Å². The minimum atomic E-state index is -0.436. The van der Waals surface area contributed by atoms with Gasteiger partial charge in [0, 0.05) is 11.1 Å². The standard InChI is InChI=1S/C20H16FNO2/c1-13-3-5-14(6-4-13)18-11-16(20(23)24-2)12-19(22-18)15-7-9-17(21)10-8-15/h3-12H,1-2H3. The lowest BCUT2D eigenvalue weighted by atomic mass is 10.0. The maximum absolute atomic E-state index is 13.2. The topological polar surface area (TPSA) is 39.2 Å². The summed E-state index contributed by atoms with van der Waals surface area (Å²) in [6, 6.07) is 17.2. The van der Waals surface area contributed by atoms with Crippen molar-refractivity contribution in [1.29, 1.82) is 0 Å². The van der Waals surface area contributed by atoms with Crippen LogP contribution in [-0.4, -0.2) is 18.1 Å². The number of methoxy groups -OCH3 is 1. The lowest BCUT2D eigenvalue weighted by molar-refractivity contribution is 0.0600. The second-order valence-corrected chi connectivity index (χ2v) is 5.49. The molecule has 0 aliphatic heterocycles. The summed E-state index contributed by atoms with van der Waals surface area (Å²) in [6.45, 7) is 2.01. The van der Waals surface area contributed by atoms with Gasteiger partial charge in [-0.25, -0.2) is 14.2 Å². The van der Waals surface area contributed by atoms with Crippen LogP contribution in [0.3, 0.4) is 0 Å². The molecule has 1 aromatic heterocycles. The normalized spacial score (nSPS) is 10.5. The van der Waals surface area contributed by atoms with Crippen LogP contribution in [0.2, 0.25) is 0 Å². The van der Waals surface area contributed by atoms with Crippen LogP contribution in [0.4, 0.5) is 4.39 Å². The third-order valence-electron chi connectivity index (χ3n) is 3.73. The molecule has 0 spiro atoms. The average Bonchev–Trinajstić information content (AvgIpc) is 2.62. The predicted octanol–water partition coefficient (Wildman–Crippen LogP) is 4.65. The van der Waals surface area contributed by atoms with Gasteiger partial charge < -0.3 is 4.74 Å². The number of carbonyl (C=O) groups excluding carboxylic acids is 1. The number of ether oxygens (including phenoxy) is 1. The zero-order valence-corrected chi connectivity index (χ0v) is 13.4. The molecule has 3 nitrogen and oxygen atoms in total. The third kappa shape index (κ3) is 3.33. The maximum atomic E-state index is 13.2. The first-order chi connectivity index (χ1) is 11.6. The van der Waals surface area contributed by atoms with Crippen LogP contribution in [0, 0.1) is 12.7 Å². The predicted molar refractivity (Wildman–Crippen MR) is 91.1 cm³/mol. The molecule has 0 bridgehead atoms. The lowest BCUT2D eigenvalue weighted by Gasteiger charge is -2.09. The van der Waals surface area contributed by atoms with E-state index in [1.54, 1.807) is 24.3 Å². The molecule has 0 radical (unpaired) electrons. The number of halogens is 1. The van der Waals surface area contributed by atoms with Crippen LogP contribution >= 0.6 is 0 Å². The summed E-state index contributed by atoms with van der Waals surface area (Å²) >= 11 is 0. The van der Waals surface area contributed by atoms with E-state index in [1.807, 2.05) is 31.2 Å². The summed E-state index contributed by atoms with van der Waals surface area (Å²) in [5.74, 6) is -0.754. The molecule has 0 aliphatic carbocycles. The third-order valence-corrected chi connectivity index (χ3v) is 3.73. The molecule has 3 aromatic rings. The van der Waals surface area contributed by atoms with E-state index in [4.69, 9.17) is 4.74 Å². The molecule has 1 heterocycles. The van der Waals surface area contributed by atoms with Crippen molar-refractivity contribution in [2.45, 2.75) is 6.92 Å². The molecule has 24 heavy (non-hydrogen) atoms. The van der Waals surface area contributed by atoms with Gasteiger partial charge in [-0.3, -0.25) is 0 Å². The van der Waals surface area contributed by atoms with Crippen molar-refractivity contribution >= 4 is 5.97 Å². The van der Waals surface area contributed by atoms with Gasteiger partial charge in [0.05, 0.1) is 24.1 Å². The van der Waals surface area contributed by atoms with Crippen molar-refractivity contribution in [1.82, 2.24) is 4.98 Å². The molecule has 0 unspecified atom stereocenters. The highest BCUT2D eigenvalue weighted by Crippen LogP contribution is 2.25. The van der Waals surface area contributed by atoms with Gasteiger partial charge in [-0.05, 0) is 43.3 Å². The largest absolute Gasteiger partial charge is 0.465 e. The number of carbonyl (C=O) groups is 1. The summed E-state index contributed by atoms with van der Waals surface area (Å²) in [4.78, 5) is 16.6. The molecule has 0 aliphatic rings. The van der Waals surface area contributed by atoms with Crippen molar-refractivity contribution in [2.24, 2.45) is 0 Å². The van der Waals surface area contributed by atoms with Crippen LogP contribution < -0.4 is 0 Å². The SMILES string of the molecule is COC(=O)c1cc(-c2ccc(C)cc2)nc(-c2ccc(F)cc2)c1. The Kier molecular flexibility index (Phi) is 4.38. The Bertz CT molecular complexity index is 807. The maximum Gasteiger partial charge on any atom is 0.338 e. The smallest absolute Gasteiger partial charge is 0.338 e. The van der Waals surface area contributed by atoms with Gasteiger partial charge in [-0.15, -0.1) is 0 Å². The molecule has 120 valence electrons. The summed E-state index contributed by atoms with van der Waals surface area (Å²) in [6.07, 6.45) is 0. The highest BCUT2D eigenvalue weighted by atomic mass is 19.1. The van der Waals surface area contributed by atoms with Gasteiger partial charge in [-0.2, -0.15) is 0 Å². The zero-order valence-electron chi connectivity index (χ0n) is 13.4. The van der Waals surface area contributed by atoms with E-state index in [1.165, 1.54) is 19.2 Å². The average molecular weight is 321 g/mol. The number of rotatable bonds is 3. The van der Waals surface area contributed by atoms with Gasteiger partial charge >= 0.3 is 5.97 Å². The number of aromatic nitrogens is 1. The van der Waals surface area contributed by atoms with E-state index >= 15 is 0 Å². The van der Waals surface area contributed by atoms with Crippen LogP contribution in [-0.2, 0) is 4.74 Å². The summed E-state index contributed by atoms with van der Waals surface area (Å²) < 4.78 is 18.0. The van der Waals surface area contributed by atoms with E-state index in [0.29, 0.717) is 17.0 Å². The summed E-state index contributed by atoms with van der Waals surface area (Å²) in [7, 11) is 1.34. The molecular formula is C20H16FNO2. The second-order valence-electron chi connectivity index (χ2n) is 5.49. The van der Waals surface area contributed by atoms with Gasteiger partial charge in [0.25, 0.3) is 0 Å². The molecule has 0 saturated carbocycles. The molecule has 2 aromatic carbocycles. The van der Waals surface area contributed by atoms with E-state index < -0.39 is 5.97 Å². The highest BCUT2D eigenvalue weighted by molar-refractivity contribution is 5.92. The Morgan fingerprint density at radius 2 is 1.42 bits per heavy atom. The molecule has 0 N–H and O–H groups in total. The van der Waals surface area contributed by atoms with E-state index in [0.717, 1.165) is 16.7 Å². The van der Waals surface area contributed by atoms with Crippen LogP contribution in [0.15, 0.2) is 60.7 Å². The zero-order chi connectivity index (χ0) is 17.1. The molecule has 0 saturated heterocycles. The van der Waals surface area contributed by atoms with Crippen molar-refractivity contribution in [3.05, 3.63) is 77.6 Å². The molecule has 3 rings (SSSR count). The molecule has 0 amide bonds. The fourth-order valence-electron chi connectivity index (χ4n) is 2.41. The Hall–Kier alpha value is -3.01. The molecule has 0 fully saturated rings. The van der Waals surface area contributed by atoms with Crippen LogP contribution in [0.25, 0.3) is 22.5 Å². The number of hydrogen-bond donors (Lipinski definition) is 0. The Morgan fingerprint density at radius 1 is 0.917 bits per heavy atom. The Morgan fingerprint density at radius 3 is 1.92 bits per heavy atom. The van der Waals surface area contributed by atoms with Crippen molar-refractivity contribution in [3.63, 3.8) is 0 Å². The number of pyridine rings is 1. The van der Waals surface area contributed by atoms with Crippen molar-refractivity contribution in [3.8, 4) is 22.5 Å². The first kappa shape index (κ1) is 15.9. The first-order valence-corrected chi connectivity index (χ1v) is 7.50. The Labute approximate surface area is 139 Å². The van der Waals surface area contributed by atoms with Gasteiger partial charge in [0.1, 0.15) is 5.82 Å². The quantitative estimate of drug-likeness (QED) is 0.659. The van der Waals surface area contributed by atoms with Crippen molar-refractivity contribution in [2.75, 3.05) is 7.11 Å². The summed E-state index contributed by atoms with van der Waals surface area (Å²) in [5, 5.41) is 0. The van der Waals surface area contributed by atoms with E-state index in [2.05, 4.69) is 4.98 Å². The minimum absolute atomic E-state index is 0.318. The minimum Gasteiger partial charge on any atom is -0.465 e. The second kappa shape index (κ2) is 6.62. The van der Waals surface area contributed by atoms with Crippen LogP contribution in [0.5, 0.6) is 0 Å². The number of hydrogen-bond acceptors (Lipinski definition) is 3. The first-order valence-electron chi connectivity index (χ1n) is 7.50. The number of esters is 1. The molecule has 0 atom stereocenters. The molecule has 4 heteroatoms. The molecular weight excluding hydrogens is 305 g/mol.